The van der Waals surface area contributed by atoms with Crippen LogP contribution in [0.25, 0.3) is 0 Å². The number of urea groups is 1. The number of likely N-dealkylation sites (tertiary alicyclic amines) is 2. The van der Waals surface area contributed by atoms with E-state index in [2.05, 4.69) is 4.90 Å². The van der Waals surface area contributed by atoms with Crippen molar-refractivity contribution in [2.24, 2.45) is 5.92 Å². The van der Waals surface area contributed by atoms with Gasteiger partial charge in [-0.3, -0.25) is 4.79 Å². The summed E-state index contributed by atoms with van der Waals surface area (Å²) in [4.78, 5) is 29.2. The zero-order chi connectivity index (χ0) is 14.7. The van der Waals surface area contributed by atoms with Gasteiger partial charge in [-0.15, -0.1) is 0 Å². The van der Waals surface area contributed by atoms with Crippen molar-refractivity contribution in [1.29, 1.82) is 0 Å². The summed E-state index contributed by atoms with van der Waals surface area (Å²) in [5.41, 5.74) is 0. The number of Topliss-reactive ketones (excluding diaryl/α,β-unsaturated/α-hetero) is 1. The number of ketones is 1. The molecule has 0 aromatic heterocycles. The SMILES string of the molecule is O=C1CCCCC1C1CCCCN1C(=O)N1CCCCC1. The standard InChI is InChI=1S/C17H28N2O2/c20-16-10-3-2-8-14(16)15-9-4-7-13-19(15)17(21)18-11-5-1-6-12-18/h14-15H,1-13H2. The van der Waals surface area contributed by atoms with Gasteiger partial charge < -0.3 is 9.80 Å². The van der Waals surface area contributed by atoms with Crippen molar-refractivity contribution < 1.29 is 9.59 Å². The zero-order valence-corrected chi connectivity index (χ0v) is 13.1. The highest BCUT2D eigenvalue weighted by Crippen LogP contribution is 2.32. The molecule has 3 fully saturated rings. The van der Waals surface area contributed by atoms with E-state index in [4.69, 9.17) is 0 Å². The normalized spacial score (nSPS) is 31.3. The molecule has 1 aliphatic carbocycles. The highest BCUT2D eigenvalue weighted by molar-refractivity contribution is 5.83. The summed E-state index contributed by atoms with van der Waals surface area (Å²) in [6.45, 7) is 2.66. The number of amides is 2. The average Bonchev–Trinajstić information content (AvgIpc) is 2.55. The van der Waals surface area contributed by atoms with E-state index in [1.165, 1.54) is 6.42 Å². The number of nitrogens with zero attached hydrogens (tertiary/aromatic N) is 2. The largest absolute Gasteiger partial charge is 0.325 e. The Bertz CT molecular complexity index is 390. The highest BCUT2D eigenvalue weighted by Gasteiger charge is 2.38. The monoisotopic (exact) mass is 292 g/mol. The van der Waals surface area contributed by atoms with E-state index < -0.39 is 0 Å². The van der Waals surface area contributed by atoms with Gasteiger partial charge in [-0.25, -0.2) is 4.79 Å². The maximum absolute atomic E-state index is 12.9. The molecular weight excluding hydrogens is 264 g/mol. The molecule has 0 aromatic carbocycles. The van der Waals surface area contributed by atoms with Crippen LogP contribution in [0.2, 0.25) is 0 Å². The number of piperidine rings is 2. The van der Waals surface area contributed by atoms with E-state index in [1.807, 2.05) is 4.90 Å². The van der Waals surface area contributed by atoms with Gasteiger partial charge in [0, 0.05) is 38.0 Å². The molecule has 2 saturated heterocycles. The Labute approximate surface area is 127 Å². The van der Waals surface area contributed by atoms with Crippen LogP contribution in [0, 0.1) is 5.92 Å². The molecule has 2 heterocycles. The van der Waals surface area contributed by atoms with E-state index in [9.17, 15) is 9.59 Å². The van der Waals surface area contributed by atoms with Gasteiger partial charge in [-0.2, -0.15) is 0 Å². The van der Waals surface area contributed by atoms with Crippen molar-refractivity contribution in [2.75, 3.05) is 19.6 Å². The van der Waals surface area contributed by atoms with Crippen molar-refractivity contribution in [3.63, 3.8) is 0 Å². The van der Waals surface area contributed by atoms with Crippen LogP contribution in [-0.4, -0.2) is 47.3 Å². The van der Waals surface area contributed by atoms with E-state index in [1.54, 1.807) is 0 Å². The fraction of sp³-hybridized carbons (Fsp3) is 0.882. The molecule has 0 N–H and O–H groups in total. The number of hydrogen-bond acceptors (Lipinski definition) is 2. The number of carbonyl (C=O) groups is 2. The third kappa shape index (κ3) is 3.24. The van der Waals surface area contributed by atoms with Gasteiger partial charge in [0.2, 0.25) is 0 Å². The second-order valence-electron chi connectivity index (χ2n) is 6.91. The fourth-order valence-corrected chi connectivity index (χ4v) is 4.30. The van der Waals surface area contributed by atoms with Crippen LogP contribution in [0.1, 0.15) is 64.2 Å². The summed E-state index contributed by atoms with van der Waals surface area (Å²) in [7, 11) is 0. The minimum atomic E-state index is 0.118. The Morgan fingerprint density at radius 1 is 0.857 bits per heavy atom. The molecule has 3 aliphatic rings. The highest BCUT2D eigenvalue weighted by atomic mass is 16.2. The molecule has 2 unspecified atom stereocenters. The molecule has 0 spiro atoms. The summed E-state index contributed by atoms with van der Waals surface area (Å²) in [5, 5.41) is 0. The Morgan fingerprint density at radius 3 is 2.33 bits per heavy atom. The minimum absolute atomic E-state index is 0.118. The maximum Gasteiger partial charge on any atom is 0.320 e. The lowest BCUT2D eigenvalue weighted by atomic mass is 9.79. The van der Waals surface area contributed by atoms with Crippen LogP contribution in [-0.2, 0) is 4.79 Å². The first kappa shape index (κ1) is 14.9. The molecule has 2 amide bonds. The predicted octanol–water partition coefficient (Wildman–Crippen LogP) is 3.21. The minimum Gasteiger partial charge on any atom is -0.325 e. The summed E-state index contributed by atoms with van der Waals surface area (Å²) < 4.78 is 0. The second kappa shape index (κ2) is 6.80. The Hall–Kier alpha value is -1.06. The van der Waals surface area contributed by atoms with Gasteiger partial charge in [0.05, 0.1) is 0 Å². The van der Waals surface area contributed by atoms with Crippen LogP contribution >= 0.6 is 0 Å². The molecule has 0 aromatic rings. The third-order valence-corrected chi connectivity index (χ3v) is 5.49. The van der Waals surface area contributed by atoms with Gasteiger partial charge in [0.1, 0.15) is 5.78 Å². The topological polar surface area (TPSA) is 40.6 Å². The van der Waals surface area contributed by atoms with Crippen molar-refractivity contribution in [1.82, 2.24) is 9.80 Å². The Morgan fingerprint density at radius 2 is 1.57 bits per heavy atom. The smallest absolute Gasteiger partial charge is 0.320 e. The van der Waals surface area contributed by atoms with Gasteiger partial charge in [-0.1, -0.05) is 6.42 Å². The lowest BCUT2D eigenvalue weighted by Crippen LogP contribution is -2.55. The second-order valence-corrected chi connectivity index (χ2v) is 6.91. The molecule has 0 radical (unpaired) electrons. The van der Waals surface area contributed by atoms with Crippen LogP contribution in [0.3, 0.4) is 0 Å². The summed E-state index contributed by atoms with van der Waals surface area (Å²) in [6.07, 6.45) is 10.7. The molecule has 0 bridgehead atoms. The molecule has 21 heavy (non-hydrogen) atoms. The molecule has 4 nitrogen and oxygen atoms in total. The Kier molecular flexibility index (Phi) is 4.81. The van der Waals surface area contributed by atoms with E-state index in [0.717, 1.165) is 77.4 Å². The van der Waals surface area contributed by atoms with Gasteiger partial charge in [-0.05, 0) is 51.4 Å². The quantitative estimate of drug-likeness (QED) is 0.744. The van der Waals surface area contributed by atoms with Crippen molar-refractivity contribution in [3.8, 4) is 0 Å². The van der Waals surface area contributed by atoms with Gasteiger partial charge in [0.15, 0.2) is 0 Å². The summed E-state index contributed by atoms with van der Waals surface area (Å²) >= 11 is 0. The van der Waals surface area contributed by atoms with Gasteiger partial charge in [0.25, 0.3) is 0 Å². The average molecular weight is 292 g/mol. The van der Waals surface area contributed by atoms with E-state index >= 15 is 0 Å². The third-order valence-electron chi connectivity index (χ3n) is 5.49. The fourth-order valence-electron chi connectivity index (χ4n) is 4.30. The van der Waals surface area contributed by atoms with Crippen LogP contribution in [0.5, 0.6) is 0 Å². The molecule has 118 valence electrons. The lowest BCUT2D eigenvalue weighted by molar-refractivity contribution is -0.127. The summed E-state index contributed by atoms with van der Waals surface area (Å²) in [5.74, 6) is 0.525. The van der Waals surface area contributed by atoms with E-state index in [-0.39, 0.29) is 18.0 Å². The maximum atomic E-state index is 12.9. The first-order valence-corrected chi connectivity index (χ1v) is 8.85. The molecule has 2 atom stereocenters. The van der Waals surface area contributed by atoms with E-state index in [0.29, 0.717) is 5.78 Å². The molecular formula is C17H28N2O2. The van der Waals surface area contributed by atoms with Crippen molar-refractivity contribution >= 4 is 11.8 Å². The van der Waals surface area contributed by atoms with Crippen molar-refractivity contribution in [3.05, 3.63) is 0 Å². The van der Waals surface area contributed by atoms with Crippen molar-refractivity contribution in [2.45, 2.75) is 70.3 Å². The predicted molar refractivity (Wildman–Crippen MR) is 82.1 cm³/mol. The van der Waals surface area contributed by atoms with Crippen LogP contribution in [0.4, 0.5) is 4.79 Å². The van der Waals surface area contributed by atoms with Crippen LogP contribution in [0.15, 0.2) is 0 Å². The number of rotatable bonds is 1. The Balaban J connectivity index is 1.71. The number of hydrogen-bond donors (Lipinski definition) is 0. The summed E-state index contributed by atoms with van der Waals surface area (Å²) in [6, 6.07) is 0.388. The molecule has 1 saturated carbocycles. The molecule has 3 rings (SSSR count). The molecule has 2 aliphatic heterocycles. The first-order valence-electron chi connectivity index (χ1n) is 8.85. The van der Waals surface area contributed by atoms with Crippen LogP contribution < -0.4 is 0 Å². The number of carbonyl (C=O) groups excluding carboxylic acids is 2. The zero-order valence-electron chi connectivity index (χ0n) is 13.1. The molecule has 4 heteroatoms. The first-order chi connectivity index (χ1) is 10.3. The van der Waals surface area contributed by atoms with Gasteiger partial charge >= 0.3 is 6.03 Å². The lowest BCUT2D eigenvalue weighted by Gasteiger charge is -2.43.